The van der Waals surface area contributed by atoms with Crippen LogP contribution in [0.5, 0.6) is 11.5 Å². The van der Waals surface area contributed by atoms with Crippen LogP contribution < -0.4 is 4.74 Å². The summed E-state index contributed by atoms with van der Waals surface area (Å²) in [7, 11) is 0. The van der Waals surface area contributed by atoms with Gasteiger partial charge in [-0.15, -0.1) is 0 Å². The Kier molecular flexibility index (Phi) is 6.72. The molecule has 242 valence electrons. The lowest BCUT2D eigenvalue weighted by atomic mass is 9.65. The summed E-state index contributed by atoms with van der Waals surface area (Å²) in [4.78, 5) is 15.6. The van der Waals surface area contributed by atoms with E-state index < -0.39 is 5.41 Å². The normalized spacial score (nSPS) is 17.3. The van der Waals surface area contributed by atoms with Crippen molar-refractivity contribution < 1.29 is 4.74 Å². The summed E-state index contributed by atoms with van der Waals surface area (Å²) in [5.41, 5.74) is 12.1. The zero-order valence-corrected chi connectivity index (χ0v) is 28.1. The van der Waals surface area contributed by atoms with Crippen LogP contribution in [0.2, 0.25) is 0 Å². The monoisotopic (exact) mass is 655 g/mol. The topological polar surface area (TPSA) is 47.9 Å². The van der Waals surface area contributed by atoms with Gasteiger partial charge in [0.1, 0.15) is 17.2 Å². The maximum atomic E-state index is 6.93. The van der Waals surface area contributed by atoms with Crippen molar-refractivity contribution in [2.75, 3.05) is 0 Å². The summed E-state index contributed by atoms with van der Waals surface area (Å²) in [6, 6.07) is 51.1. The van der Waals surface area contributed by atoms with Crippen molar-refractivity contribution in [3.63, 3.8) is 0 Å². The molecule has 0 saturated heterocycles. The second-order valence-corrected chi connectivity index (χ2v) is 13.6. The fraction of sp³-hybridized carbons (Fsp3) is 0.0851. The Morgan fingerprint density at radius 1 is 0.510 bits per heavy atom. The number of benzene rings is 5. The Morgan fingerprint density at radius 2 is 1.14 bits per heavy atom. The first-order valence-electron chi connectivity index (χ1n) is 17.6. The third kappa shape index (κ3) is 4.49. The summed E-state index contributed by atoms with van der Waals surface area (Å²) in [5, 5.41) is 0. The van der Waals surface area contributed by atoms with Gasteiger partial charge in [0, 0.05) is 28.2 Å². The van der Waals surface area contributed by atoms with Crippen molar-refractivity contribution in [1.29, 1.82) is 0 Å². The Labute approximate surface area is 297 Å². The summed E-state index contributed by atoms with van der Waals surface area (Å²) in [6.45, 7) is 2.23. The van der Waals surface area contributed by atoms with Crippen molar-refractivity contribution in [1.82, 2.24) is 15.0 Å². The van der Waals surface area contributed by atoms with Crippen LogP contribution in [0.25, 0.3) is 45.2 Å². The van der Waals surface area contributed by atoms with E-state index in [4.69, 9.17) is 19.7 Å². The molecular formula is C47H33N3O. The predicted molar refractivity (Wildman–Crippen MR) is 204 cm³/mol. The molecule has 1 spiro atoms. The van der Waals surface area contributed by atoms with Gasteiger partial charge in [0.15, 0.2) is 5.82 Å². The number of allylic oxidation sites excluding steroid dienone is 4. The average molecular weight is 656 g/mol. The number of fused-ring (bicyclic) bond motifs is 9. The van der Waals surface area contributed by atoms with Gasteiger partial charge in [0.2, 0.25) is 0 Å². The molecule has 2 aromatic heterocycles. The fourth-order valence-corrected chi connectivity index (χ4v) is 8.38. The van der Waals surface area contributed by atoms with Gasteiger partial charge in [0.25, 0.3) is 0 Å². The lowest BCUT2D eigenvalue weighted by Gasteiger charge is -2.40. The molecule has 1 aliphatic heterocycles. The number of aromatic nitrogens is 3. The molecule has 2 unspecified atom stereocenters. The first kappa shape index (κ1) is 29.5. The minimum absolute atomic E-state index is 0.144. The highest BCUT2D eigenvalue weighted by molar-refractivity contribution is 5.90. The number of para-hydroxylation sites is 2. The molecule has 3 aliphatic rings. The van der Waals surface area contributed by atoms with E-state index in [0.717, 1.165) is 56.5 Å². The molecule has 51 heavy (non-hydrogen) atoms. The first-order valence-corrected chi connectivity index (χ1v) is 17.6. The molecule has 0 saturated carbocycles. The number of nitrogens with zero attached hydrogens (tertiary/aromatic N) is 3. The highest BCUT2D eigenvalue weighted by atomic mass is 16.5. The molecule has 0 bridgehead atoms. The van der Waals surface area contributed by atoms with Gasteiger partial charge in [-0.1, -0.05) is 146 Å². The van der Waals surface area contributed by atoms with E-state index in [9.17, 15) is 0 Å². The van der Waals surface area contributed by atoms with Gasteiger partial charge in [-0.3, -0.25) is 0 Å². The van der Waals surface area contributed by atoms with Gasteiger partial charge >= 0.3 is 0 Å². The van der Waals surface area contributed by atoms with Gasteiger partial charge in [-0.05, 0) is 58.5 Å². The second-order valence-electron chi connectivity index (χ2n) is 13.6. The van der Waals surface area contributed by atoms with Crippen LogP contribution >= 0.6 is 0 Å². The van der Waals surface area contributed by atoms with Crippen molar-refractivity contribution in [2.24, 2.45) is 5.92 Å². The molecule has 4 heteroatoms. The lowest BCUT2D eigenvalue weighted by molar-refractivity contribution is 0.438. The van der Waals surface area contributed by atoms with Crippen LogP contribution in [0, 0.1) is 5.92 Å². The molecule has 4 nitrogen and oxygen atoms in total. The summed E-state index contributed by atoms with van der Waals surface area (Å²) < 4.78 is 6.93. The molecule has 2 aliphatic carbocycles. The molecule has 0 radical (unpaired) electrons. The van der Waals surface area contributed by atoms with Crippen molar-refractivity contribution >= 4 is 0 Å². The van der Waals surface area contributed by atoms with E-state index in [-0.39, 0.29) is 5.92 Å². The van der Waals surface area contributed by atoms with Crippen molar-refractivity contribution in [3.8, 4) is 56.7 Å². The fourth-order valence-electron chi connectivity index (χ4n) is 8.38. The third-order valence-electron chi connectivity index (χ3n) is 10.7. The van der Waals surface area contributed by atoms with Gasteiger partial charge in [-0.25, -0.2) is 15.0 Å². The Morgan fingerprint density at radius 3 is 1.92 bits per heavy atom. The maximum absolute atomic E-state index is 6.93. The molecule has 0 N–H and O–H groups in total. The number of rotatable bonds is 4. The first-order chi connectivity index (χ1) is 25.2. The maximum Gasteiger partial charge on any atom is 0.178 e. The molecule has 0 amide bonds. The van der Waals surface area contributed by atoms with E-state index in [1.807, 2.05) is 30.3 Å². The molecule has 10 rings (SSSR count). The minimum Gasteiger partial charge on any atom is -0.456 e. The number of hydrogen-bond acceptors (Lipinski definition) is 4. The van der Waals surface area contributed by atoms with E-state index in [0.29, 0.717) is 11.7 Å². The zero-order chi connectivity index (χ0) is 33.9. The summed E-state index contributed by atoms with van der Waals surface area (Å²) in [6.07, 6.45) is 8.69. The van der Waals surface area contributed by atoms with Gasteiger partial charge in [-0.2, -0.15) is 0 Å². The quantitative estimate of drug-likeness (QED) is 0.189. The van der Waals surface area contributed by atoms with Crippen LogP contribution in [-0.4, -0.2) is 15.0 Å². The Hall–Kier alpha value is -6.39. The Balaban J connectivity index is 1.16. The van der Waals surface area contributed by atoms with Crippen LogP contribution in [0.1, 0.15) is 40.8 Å². The second kappa shape index (κ2) is 11.6. The summed E-state index contributed by atoms with van der Waals surface area (Å²) in [5.74, 6) is 2.74. The smallest absolute Gasteiger partial charge is 0.178 e. The Bertz CT molecular complexity index is 2500. The van der Waals surface area contributed by atoms with Crippen LogP contribution in [0.4, 0.5) is 0 Å². The van der Waals surface area contributed by atoms with Crippen molar-refractivity contribution in [3.05, 3.63) is 198 Å². The number of hydrogen-bond donors (Lipinski definition) is 0. The number of ether oxygens (including phenoxy) is 1. The highest BCUT2D eigenvalue weighted by Crippen LogP contribution is 2.63. The molecule has 2 atom stereocenters. The van der Waals surface area contributed by atoms with Gasteiger partial charge < -0.3 is 4.74 Å². The molecule has 3 heterocycles. The largest absolute Gasteiger partial charge is 0.456 e. The standard InChI is InChI=1S/C47H33N3O/c1-30-15-5-6-18-32(30)43-29-42(31-16-3-2-4-17-31)49-46(50-43)41-27-14-26-40(48-41)35-21-13-25-39-45(35)51-44-28-12-11-24-38(44)47(39)36-22-9-7-19-33(36)34-20-8-10-23-37(34)47/h2-30,32H,1H3. The van der Waals surface area contributed by atoms with Crippen molar-refractivity contribution in [2.45, 2.75) is 18.3 Å². The predicted octanol–water partition coefficient (Wildman–Crippen LogP) is 11.2. The van der Waals surface area contributed by atoms with Crippen LogP contribution in [0.15, 0.2) is 170 Å². The zero-order valence-electron chi connectivity index (χ0n) is 28.1. The molecular weight excluding hydrogens is 623 g/mol. The SMILES string of the molecule is CC1C=CC=CC1c1cc(-c2ccccc2)nc(-c2cccc(-c3cccc4c3Oc3ccccc3C43c4ccccc4-c4ccccc43)n2)n1. The number of pyridine rings is 1. The van der Waals surface area contributed by atoms with E-state index in [1.165, 1.54) is 22.3 Å². The minimum atomic E-state index is -0.536. The average Bonchev–Trinajstić information content (AvgIpc) is 3.49. The van der Waals surface area contributed by atoms with Crippen LogP contribution in [0.3, 0.4) is 0 Å². The van der Waals surface area contributed by atoms with E-state index in [1.54, 1.807) is 0 Å². The van der Waals surface area contributed by atoms with E-state index in [2.05, 4.69) is 146 Å². The lowest BCUT2D eigenvalue weighted by Crippen LogP contribution is -2.32. The van der Waals surface area contributed by atoms with E-state index >= 15 is 0 Å². The molecule has 0 fully saturated rings. The summed E-state index contributed by atoms with van der Waals surface area (Å²) >= 11 is 0. The third-order valence-corrected chi connectivity index (χ3v) is 10.7. The molecule has 5 aromatic carbocycles. The molecule has 7 aromatic rings. The van der Waals surface area contributed by atoms with Crippen LogP contribution in [-0.2, 0) is 5.41 Å². The highest BCUT2D eigenvalue weighted by Gasteiger charge is 2.51. The van der Waals surface area contributed by atoms with Gasteiger partial charge in [0.05, 0.1) is 22.5 Å².